The van der Waals surface area contributed by atoms with Crippen LogP contribution in [-0.4, -0.2) is 26.4 Å². The Kier molecular flexibility index (Phi) is 5.53. The van der Waals surface area contributed by atoms with Gasteiger partial charge in [-0.25, -0.2) is 0 Å². The van der Waals surface area contributed by atoms with Gasteiger partial charge >= 0.3 is 0 Å². The molecule has 0 aliphatic carbocycles. The number of carbonyl (C=O) groups is 1. The molecule has 9 heteroatoms. The summed E-state index contributed by atoms with van der Waals surface area (Å²) < 4.78 is 2.04. The number of aromatic nitrogens is 3. The van der Waals surface area contributed by atoms with Gasteiger partial charge in [0.15, 0.2) is 11.0 Å². The van der Waals surface area contributed by atoms with Gasteiger partial charge in [0, 0.05) is 6.04 Å². The Morgan fingerprint density at radius 2 is 2.20 bits per heavy atom. The molecule has 1 amide bonds. The first kappa shape index (κ1) is 17.7. The number of amides is 1. The van der Waals surface area contributed by atoms with Crippen LogP contribution in [0.5, 0.6) is 0 Å². The number of thiophene rings is 2. The van der Waals surface area contributed by atoms with E-state index in [1.54, 1.807) is 22.8 Å². The zero-order valence-electron chi connectivity index (χ0n) is 13.6. The van der Waals surface area contributed by atoms with Crippen LogP contribution in [0.4, 0.5) is 5.00 Å². The zero-order chi connectivity index (χ0) is 17.8. The number of nitrogens with one attached hydrogen (secondary N) is 1. The zero-order valence-corrected chi connectivity index (χ0v) is 16.0. The second-order valence-electron chi connectivity index (χ2n) is 5.36. The molecule has 1 N–H and O–H groups in total. The molecule has 0 aliphatic heterocycles. The van der Waals surface area contributed by atoms with Gasteiger partial charge in [-0.3, -0.25) is 9.36 Å². The summed E-state index contributed by atoms with van der Waals surface area (Å²) in [7, 11) is 0. The number of hydrogen-bond acceptors (Lipinski definition) is 7. The summed E-state index contributed by atoms with van der Waals surface area (Å²) in [5.74, 6) is 0.857. The minimum Gasteiger partial charge on any atom is -0.316 e. The number of thioether (sulfide) groups is 1. The van der Waals surface area contributed by atoms with Crippen LogP contribution in [-0.2, 0) is 4.79 Å². The van der Waals surface area contributed by atoms with E-state index in [0.29, 0.717) is 15.7 Å². The Morgan fingerprint density at radius 1 is 1.36 bits per heavy atom. The molecule has 0 aromatic carbocycles. The van der Waals surface area contributed by atoms with Crippen molar-refractivity contribution in [3.63, 3.8) is 0 Å². The normalized spacial score (nSPS) is 10.8. The van der Waals surface area contributed by atoms with Gasteiger partial charge in [0.05, 0.1) is 16.2 Å². The molecule has 0 saturated heterocycles. The molecule has 0 fully saturated rings. The summed E-state index contributed by atoms with van der Waals surface area (Å²) in [6, 6.07) is 7.92. The summed E-state index contributed by atoms with van der Waals surface area (Å²) in [6.45, 7) is 4.13. The number of anilines is 1. The van der Waals surface area contributed by atoms with Gasteiger partial charge < -0.3 is 5.32 Å². The maximum absolute atomic E-state index is 12.2. The van der Waals surface area contributed by atoms with E-state index < -0.39 is 0 Å². The van der Waals surface area contributed by atoms with Crippen LogP contribution in [0.2, 0.25) is 0 Å². The van der Waals surface area contributed by atoms with E-state index in [2.05, 4.69) is 35.4 Å². The molecule has 0 saturated carbocycles. The first-order valence-electron chi connectivity index (χ1n) is 7.49. The van der Waals surface area contributed by atoms with Gasteiger partial charge in [0.25, 0.3) is 0 Å². The third-order valence-corrected chi connectivity index (χ3v) is 5.93. The van der Waals surface area contributed by atoms with Crippen LogP contribution in [0, 0.1) is 11.3 Å². The molecule has 0 radical (unpaired) electrons. The molecule has 3 aromatic rings. The number of carbonyl (C=O) groups excluding carboxylic acids is 1. The second kappa shape index (κ2) is 7.82. The Labute approximate surface area is 157 Å². The highest BCUT2D eigenvalue weighted by Gasteiger charge is 2.18. The lowest BCUT2D eigenvalue weighted by molar-refractivity contribution is -0.113. The molecule has 128 valence electrons. The SMILES string of the molecule is CC(C)n1c(SCC(=O)Nc2sccc2C#N)nnc1-c1cccs1. The summed E-state index contributed by atoms with van der Waals surface area (Å²) in [6.07, 6.45) is 0. The minimum atomic E-state index is -0.167. The maximum atomic E-state index is 12.2. The van der Waals surface area contributed by atoms with Crippen molar-refractivity contribution in [3.8, 4) is 16.8 Å². The fraction of sp³-hybridized carbons (Fsp3) is 0.250. The van der Waals surface area contributed by atoms with Crippen molar-refractivity contribution >= 4 is 45.3 Å². The molecule has 3 rings (SSSR count). The van der Waals surface area contributed by atoms with Crippen molar-refractivity contribution < 1.29 is 4.79 Å². The molecule has 0 bridgehead atoms. The average Bonchev–Trinajstić information content (AvgIpc) is 3.32. The van der Waals surface area contributed by atoms with Crippen LogP contribution in [0.25, 0.3) is 10.7 Å². The number of nitrogens with zero attached hydrogens (tertiary/aromatic N) is 4. The van der Waals surface area contributed by atoms with Crippen molar-refractivity contribution in [1.29, 1.82) is 5.26 Å². The molecule has 3 aromatic heterocycles. The largest absolute Gasteiger partial charge is 0.316 e. The molecule has 0 spiro atoms. The van der Waals surface area contributed by atoms with Crippen LogP contribution >= 0.6 is 34.4 Å². The lowest BCUT2D eigenvalue weighted by atomic mass is 10.3. The average molecular weight is 390 g/mol. The number of hydrogen-bond donors (Lipinski definition) is 1. The summed E-state index contributed by atoms with van der Waals surface area (Å²) >= 11 is 4.29. The molecule has 0 unspecified atom stereocenters. The predicted molar refractivity (Wildman–Crippen MR) is 102 cm³/mol. The Hall–Kier alpha value is -2.15. The van der Waals surface area contributed by atoms with E-state index >= 15 is 0 Å². The molecule has 0 aliphatic rings. The highest BCUT2D eigenvalue weighted by molar-refractivity contribution is 7.99. The smallest absolute Gasteiger partial charge is 0.235 e. The van der Waals surface area contributed by atoms with E-state index in [-0.39, 0.29) is 17.7 Å². The van der Waals surface area contributed by atoms with Crippen LogP contribution in [0.1, 0.15) is 25.5 Å². The Bertz CT molecular complexity index is 905. The first-order valence-corrected chi connectivity index (χ1v) is 10.2. The maximum Gasteiger partial charge on any atom is 0.235 e. The molecule has 6 nitrogen and oxygen atoms in total. The van der Waals surface area contributed by atoms with Gasteiger partial charge in [-0.1, -0.05) is 17.8 Å². The van der Waals surface area contributed by atoms with Crippen molar-refractivity contribution in [2.75, 3.05) is 11.1 Å². The van der Waals surface area contributed by atoms with Crippen molar-refractivity contribution in [3.05, 3.63) is 34.5 Å². The van der Waals surface area contributed by atoms with Crippen LogP contribution < -0.4 is 5.32 Å². The highest BCUT2D eigenvalue weighted by atomic mass is 32.2. The standard InChI is InChI=1S/C16H15N5OS3/c1-10(2)21-14(12-4-3-6-23-12)19-20-16(21)25-9-13(22)18-15-11(8-17)5-7-24-15/h3-7,10H,9H2,1-2H3,(H,18,22). The van der Waals surface area contributed by atoms with Gasteiger partial charge in [0.2, 0.25) is 5.91 Å². The fourth-order valence-electron chi connectivity index (χ4n) is 2.20. The van der Waals surface area contributed by atoms with Crippen molar-refractivity contribution in [1.82, 2.24) is 14.8 Å². The molecule has 25 heavy (non-hydrogen) atoms. The minimum absolute atomic E-state index is 0.167. The summed E-state index contributed by atoms with van der Waals surface area (Å²) in [4.78, 5) is 13.2. The fourth-order valence-corrected chi connectivity index (χ4v) is 4.53. The molecular formula is C16H15N5OS3. The monoisotopic (exact) mass is 389 g/mol. The third-order valence-electron chi connectivity index (χ3n) is 3.29. The van der Waals surface area contributed by atoms with Crippen molar-refractivity contribution in [2.45, 2.75) is 25.0 Å². The van der Waals surface area contributed by atoms with E-state index in [1.807, 2.05) is 22.1 Å². The quantitative estimate of drug-likeness (QED) is 0.637. The van der Waals surface area contributed by atoms with Gasteiger partial charge in [-0.05, 0) is 36.7 Å². The predicted octanol–water partition coefficient (Wildman–Crippen LogP) is 4.25. The Morgan fingerprint density at radius 3 is 2.88 bits per heavy atom. The second-order valence-corrected chi connectivity index (χ2v) is 8.17. The summed E-state index contributed by atoms with van der Waals surface area (Å²) in [5, 5.41) is 25.4. The molecule has 0 atom stereocenters. The van der Waals surface area contributed by atoms with E-state index in [4.69, 9.17) is 5.26 Å². The highest BCUT2D eigenvalue weighted by Crippen LogP contribution is 2.30. The number of nitriles is 1. The van der Waals surface area contributed by atoms with Crippen LogP contribution in [0.15, 0.2) is 34.1 Å². The molecular weight excluding hydrogens is 374 g/mol. The third kappa shape index (κ3) is 3.92. The van der Waals surface area contributed by atoms with Gasteiger partial charge in [-0.2, -0.15) is 5.26 Å². The van der Waals surface area contributed by atoms with E-state index in [0.717, 1.165) is 10.7 Å². The summed E-state index contributed by atoms with van der Waals surface area (Å²) in [5.41, 5.74) is 0.480. The van der Waals surface area contributed by atoms with Crippen molar-refractivity contribution in [2.24, 2.45) is 0 Å². The topological polar surface area (TPSA) is 83.6 Å². The van der Waals surface area contributed by atoms with Gasteiger partial charge in [0.1, 0.15) is 11.1 Å². The van der Waals surface area contributed by atoms with Crippen LogP contribution in [0.3, 0.4) is 0 Å². The van der Waals surface area contributed by atoms with E-state index in [9.17, 15) is 4.79 Å². The lowest BCUT2D eigenvalue weighted by Crippen LogP contribution is -2.14. The lowest BCUT2D eigenvalue weighted by Gasteiger charge is -2.12. The first-order chi connectivity index (χ1) is 12.1. The molecule has 3 heterocycles. The van der Waals surface area contributed by atoms with Gasteiger partial charge in [-0.15, -0.1) is 32.9 Å². The Balaban J connectivity index is 1.71. The number of rotatable bonds is 6. The van der Waals surface area contributed by atoms with E-state index in [1.165, 1.54) is 23.1 Å².